The van der Waals surface area contributed by atoms with Gasteiger partial charge in [-0.3, -0.25) is 9.48 Å². The molecule has 0 saturated carbocycles. The van der Waals surface area contributed by atoms with Crippen LogP contribution in [0.3, 0.4) is 0 Å². The van der Waals surface area contributed by atoms with Crippen molar-refractivity contribution in [3.8, 4) is 0 Å². The second-order valence-electron chi connectivity index (χ2n) is 5.99. The van der Waals surface area contributed by atoms with E-state index in [-0.39, 0.29) is 11.8 Å². The smallest absolute Gasteiger partial charge is 0.228 e. The van der Waals surface area contributed by atoms with Crippen molar-refractivity contribution in [1.29, 1.82) is 0 Å². The van der Waals surface area contributed by atoms with Crippen molar-refractivity contribution < 1.29 is 4.79 Å². The molecule has 2 heterocycles. The Kier molecular flexibility index (Phi) is 3.92. The van der Waals surface area contributed by atoms with Gasteiger partial charge in [0.1, 0.15) is 0 Å². The van der Waals surface area contributed by atoms with Gasteiger partial charge in [0.05, 0.1) is 17.6 Å². The Morgan fingerprint density at radius 2 is 2.33 bits per heavy atom. The fourth-order valence-corrected chi connectivity index (χ4v) is 2.85. The molecule has 1 saturated heterocycles. The van der Waals surface area contributed by atoms with E-state index >= 15 is 0 Å². The molecule has 5 heteroatoms. The van der Waals surface area contributed by atoms with Crippen LogP contribution >= 0.6 is 0 Å². The lowest BCUT2D eigenvalue weighted by atomic mass is 9.99. The van der Waals surface area contributed by atoms with E-state index in [4.69, 9.17) is 0 Å². The zero-order valence-electron chi connectivity index (χ0n) is 12.6. The standard InChI is InChI=1S/C16H22N4O/c1-11(2)20-15-8-14(6-5-12(15)10-18-20)19-16(21)13-4-3-7-17-9-13/h5-6,8,10-11,13,17H,3-4,7,9H2,1-2H3,(H,19,21). The van der Waals surface area contributed by atoms with E-state index < -0.39 is 0 Å². The fraction of sp³-hybridized carbons (Fsp3) is 0.500. The molecule has 2 aromatic rings. The van der Waals surface area contributed by atoms with Crippen LogP contribution < -0.4 is 10.6 Å². The summed E-state index contributed by atoms with van der Waals surface area (Å²) in [7, 11) is 0. The maximum atomic E-state index is 12.3. The zero-order valence-corrected chi connectivity index (χ0v) is 12.6. The second kappa shape index (κ2) is 5.85. The number of amides is 1. The highest BCUT2D eigenvalue weighted by atomic mass is 16.1. The minimum absolute atomic E-state index is 0.0736. The summed E-state index contributed by atoms with van der Waals surface area (Å²) in [5.41, 5.74) is 1.91. The van der Waals surface area contributed by atoms with Gasteiger partial charge in [-0.2, -0.15) is 5.10 Å². The third-order valence-corrected chi connectivity index (χ3v) is 4.02. The van der Waals surface area contributed by atoms with Gasteiger partial charge in [-0.25, -0.2) is 0 Å². The molecule has 21 heavy (non-hydrogen) atoms. The number of benzene rings is 1. The maximum Gasteiger partial charge on any atom is 0.228 e. The average Bonchev–Trinajstić information content (AvgIpc) is 2.91. The molecule has 0 bridgehead atoms. The maximum absolute atomic E-state index is 12.3. The third kappa shape index (κ3) is 2.93. The summed E-state index contributed by atoms with van der Waals surface area (Å²) in [4.78, 5) is 12.3. The zero-order chi connectivity index (χ0) is 14.8. The molecular weight excluding hydrogens is 264 g/mol. The van der Waals surface area contributed by atoms with Crippen LogP contribution in [0.15, 0.2) is 24.4 Å². The van der Waals surface area contributed by atoms with Crippen molar-refractivity contribution in [1.82, 2.24) is 15.1 Å². The summed E-state index contributed by atoms with van der Waals surface area (Å²) >= 11 is 0. The number of hydrogen-bond donors (Lipinski definition) is 2. The molecule has 0 aliphatic carbocycles. The topological polar surface area (TPSA) is 59.0 Å². The highest BCUT2D eigenvalue weighted by Gasteiger charge is 2.21. The molecule has 0 spiro atoms. The van der Waals surface area contributed by atoms with E-state index in [2.05, 4.69) is 29.6 Å². The number of carbonyl (C=O) groups excluding carboxylic acids is 1. The van der Waals surface area contributed by atoms with E-state index in [0.29, 0.717) is 6.04 Å². The number of rotatable bonds is 3. The Morgan fingerprint density at radius 1 is 1.48 bits per heavy atom. The van der Waals surface area contributed by atoms with Crippen LogP contribution in [0.1, 0.15) is 32.7 Å². The first-order chi connectivity index (χ1) is 10.1. The summed E-state index contributed by atoms with van der Waals surface area (Å²) in [5, 5.41) is 11.8. The van der Waals surface area contributed by atoms with Crippen molar-refractivity contribution >= 4 is 22.5 Å². The fourth-order valence-electron chi connectivity index (χ4n) is 2.85. The summed E-state index contributed by atoms with van der Waals surface area (Å²) < 4.78 is 1.98. The first-order valence-corrected chi connectivity index (χ1v) is 7.64. The quantitative estimate of drug-likeness (QED) is 0.911. The van der Waals surface area contributed by atoms with Gasteiger partial charge in [-0.15, -0.1) is 0 Å². The molecular formula is C16H22N4O. The summed E-state index contributed by atoms with van der Waals surface area (Å²) in [5.74, 6) is 0.182. The molecule has 5 nitrogen and oxygen atoms in total. The van der Waals surface area contributed by atoms with Crippen LogP contribution in [-0.4, -0.2) is 28.8 Å². The van der Waals surface area contributed by atoms with E-state index in [1.807, 2.05) is 29.1 Å². The predicted molar refractivity (Wildman–Crippen MR) is 84.3 cm³/mol. The minimum Gasteiger partial charge on any atom is -0.326 e. The molecule has 1 atom stereocenters. The SMILES string of the molecule is CC(C)n1ncc2ccc(NC(=O)C3CCCNC3)cc21. The number of piperidine rings is 1. The minimum atomic E-state index is 0.0736. The van der Waals surface area contributed by atoms with Gasteiger partial charge in [-0.1, -0.05) is 0 Å². The number of carbonyl (C=O) groups is 1. The molecule has 1 aromatic carbocycles. The third-order valence-electron chi connectivity index (χ3n) is 4.02. The first-order valence-electron chi connectivity index (χ1n) is 7.64. The number of aromatic nitrogens is 2. The Labute approximate surface area is 124 Å². The van der Waals surface area contributed by atoms with E-state index in [1.54, 1.807) is 0 Å². The monoisotopic (exact) mass is 286 g/mol. The Hall–Kier alpha value is -1.88. The summed E-state index contributed by atoms with van der Waals surface area (Å²) in [6, 6.07) is 6.27. The molecule has 3 rings (SSSR count). The van der Waals surface area contributed by atoms with Crippen molar-refractivity contribution in [2.75, 3.05) is 18.4 Å². The number of nitrogens with one attached hydrogen (secondary N) is 2. The summed E-state index contributed by atoms with van der Waals surface area (Å²) in [6.45, 7) is 6.00. The van der Waals surface area contributed by atoms with Gasteiger partial charge in [0, 0.05) is 23.7 Å². The first kappa shape index (κ1) is 14.1. The number of anilines is 1. The highest BCUT2D eigenvalue weighted by molar-refractivity contribution is 5.95. The number of nitrogens with zero attached hydrogens (tertiary/aromatic N) is 2. The van der Waals surface area contributed by atoms with Crippen LogP contribution in [0.4, 0.5) is 5.69 Å². The van der Waals surface area contributed by atoms with Crippen LogP contribution in [0.5, 0.6) is 0 Å². The van der Waals surface area contributed by atoms with Crippen molar-refractivity contribution in [2.45, 2.75) is 32.7 Å². The second-order valence-corrected chi connectivity index (χ2v) is 5.99. The lowest BCUT2D eigenvalue weighted by Gasteiger charge is -2.22. The molecule has 0 radical (unpaired) electrons. The van der Waals surface area contributed by atoms with Crippen molar-refractivity contribution in [3.63, 3.8) is 0 Å². The van der Waals surface area contributed by atoms with Crippen LogP contribution in [-0.2, 0) is 4.79 Å². The average molecular weight is 286 g/mol. The number of fused-ring (bicyclic) bond motifs is 1. The lowest BCUT2D eigenvalue weighted by Crippen LogP contribution is -2.37. The van der Waals surface area contributed by atoms with Crippen LogP contribution in [0.2, 0.25) is 0 Å². The van der Waals surface area contributed by atoms with Crippen molar-refractivity contribution in [3.05, 3.63) is 24.4 Å². The normalized spacial score (nSPS) is 19.1. The molecule has 112 valence electrons. The lowest BCUT2D eigenvalue weighted by molar-refractivity contribution is -0.120. The highest BCUT2D eigenvalue weighted by Crippen LogP contribution is 2.22. The van der Waals surface area contributed by atoms with Crippen LogP contribution in [0.25, 0.3) is 10.9 Å². The molecule has 1 unspecified atom stereocenters. The van der Waals surface area contributed by atoms with Gasteiger partial charge >= 0.3 is 0 Å². The Bertz CT molecular complexity index is 641. The molecule has 1 amide bonds. The van der Waals surface area contributed by atoms with Gasteiger partial charge in [0.2, 0.25) is 5.91 Å². The van der Waals surface area contributed by atoms with E-state index in [0.717, 1.165) is 42.5 Å². The van der Waals surface area contributed by atoms with E-state index in [1.165, 1.54) is 0 Å². The number of hydrogen-bond acceptors (Lipinski definition) is 3. The van der Waals surface area contributed by atoms with E-state index in [9.17, 15) is 4.79 Å². The van der Waals surface area contributed by atoms with Gasteiger partial charge < -0.3 is 10.6 Å². The summed E-state index contributed by atoms with van der Waals surface area (Å²) in [6.07, 6.45) is 3.90. The van der Waals surface area contributed by atoms with Crippen molar-refractivity contribution in [2.24, 2.45) is 5.92 Å². The van der Waals surface area contributed by atoms with Gasteiger partial charge in [-0.05, 0) is 51.4 Å². The largest absolute Gasteiger partial charge is 0.326 e. The predicted octanol–water partition coefficient (Wildman–Crippen LogP) is 2.56. The van der Waals surface area contributed by atoms with Gasteiger partial charge in [0.25, 0.3) is 0 Å². The molecule has 2 N–H and O–H groups in total. The van der Waals surface area contributed by atoms with Gasteiger partial charge in [0.15, 0.2) is 0 Å². The molecule has 1 aliphatic heterocycles. The molecule has 1 aromatic heterocycles. The van der Waals surface area contributed by atoms with Crippen LogP contribution in [0, 0.1) is 5.92 Å². The Balaban J connectivity index is 1.80. The Morgan fingerprint density at radius 3 is 3.05 bits per heavy atom. The molecule has 1 fully saturated rings. The molecule has 1 aliphatic rings.